The van der Waals surface area contributed by atoms with E-state index in [1.807, 2.05) is 0 Å². The molecule has 0 aromatic rings. The maximum absolute atomic E-state index is 5.41. The summed E-state index contributed by atoms with van der Waals surface area (Å²) in [6, 6.07) is 0.812. The van der Waals surface area contributed by atoms with Gasteiger partial charge in [-0.2, -0.15) is 0 Å². The fourth-order valence-corrected chi connectivity index (χ4v) is 3.03. The van der Waals surface area contributed by atoms with Gasteiger partial charge in [0.2, 0.25) is 0 Å². The molecule has 2 aliphatic rings. The van der Waals surface area contributed by atoms with Crippen LogP contribution in [0.2, 0.25) is 0 Å². The van der Waals surface area contributed by atoms with Crippen LogP contribution in [-0.2, 0) is 4.74 Å². The Morgan fingerprint density at radius 3 is 2.35 bits per heavy atom. The highest BCUT2D eigenvalue weighted by molar-refractivity contribution is 5.85. The minimum Gasteiger partial charge on any atom is -0.379 e. The number of hydrogen-bond donors (Lipinski definition) is 1. The molecule has 0 bridgehead atoms. The third-order valence-electron chi connectivity index (χ3n) is 4.14. The van der Waals surface area contributed by atoms with E-state index in [2.05, 4.69) is 22.0 Å². The number of nitrogens with zero attached hydrogens (tertiary/aromatic N) is 2. The molecule has 6 heteroatoms. The van der Waals surface area contributed by atoms with E-state index in [1.165, 1.54) is 52.0 Å². The first-order valence-electron chi connectivity index (χ1n) is 7.65. The van der Waals surface area contributed by atoms with E-state index in [-0.39, 0.29) is 24.8 Å². The lowest BCUT2D eigenvalue weighted by Gasteiger charge is -2.36. The zero-order valence-electron chi connectivity index (χ0n) is 12.7. The largest absolute Gasteiger partial charge is 0.379 e. The Bertz CT molecular complexity index is 222. The van der Waals surface area contributed by atoms with Gasteiger partial charge in [0.25, 0.3) is 0 Å². The van der Waals surface area contributed by atoms with Gasteiger partial charge in [0.05, 0.1) is 13.2 Å². The summed E-state index contributed by atoms with van der Waals surface area (Å²) in [6.45, 7) is 12.5. The molecule has 2 aliphatic heterocycles. The van der Waals surface area contributed by atoms with Crippen LogP contribution in [0.25, 0.3) is 0 Å². The maximum Gasteiger partial charge on any atom is 0.0594 e. The Morgan fingerprint density at radius 1 is 1.10 bits per heavy atom. The second-order valence-corrected chi connectivity index (χ2v) is 5.47. The van der Waals surface area contributed by atoms with E-state index in [0.717, 1.165) is 32.3 Å². The van der Waals surface area contributed by atoms with E-state index >= 15 is 0 Å². The summed E-state index contributed by atoms with van der Waals surface area (Å²) in [5, 5.41) is 3.46. The first-order valence-corrected chi connectivity index (χ1v) is 7.65. The van der Waals surface area contributed by atoms with Crippen molar-refractivity contribution in [2.24, 2.45) is 0 Å². The van der Waals surface area contributed by atoms with Crippen molar-refractivity contribution in [3.63, 3.8) is 0 Å². The highest BCUT2D eigenvalue weighted by Gasteiger charge is 2.21. The molecule has 4 nitrogen and oxygen atoms in total. The van der Waals surface area contributed by atoms with Crippen molar-refractivity contribution in [2.45, 2.75) is 32.2 Å². The lowest BCUT2D eigenvalue weighted by Crippen LogP contribution is -2.47. The molecule has 2 saturated heterocycles. The highest BCUT2D eigenvalue weighted by atomic mass is 35.5. The van der Waals surface area contributed by atoms with Crippen LogP contribution in [0.5, 0.6) is 0 Å². The standard InChI is InChI=1S/C14H29N3O.2ClH/c1-2-7-17(14-3-5-15-6-4-14)9-8-16-10-12-18-13-11-16;;/h14-15H,2-13H2,1H3;2*1H. The van der Waals surface area contributed by atoms with Crippen LogP contribution in [0.3, 0.4) is 0 Å². The molecule has 0 spiro atoms. The minimum atomic E-state index is 0. The third-order valence-corrected chi connectivity index (χ3v) is 4.14. The van der Waals surface area contributed by atoms with Gasteiger partial charge in [0, 0.05) is 32.2 Å². The topological polar surface area (TPSA) is 27.7 Å². The van der Waals surface area contributed by atoms with Crippen molar-refractivity contribution in [1.29, 1.82) is 0 Å². The number of hydrogen-bond acceptors (Lipinski definition) is 4. The first-order chi connectivity index (χ1) is 8.90. The van der Waals surface area contributed by atoms with Crippen LogP contribution in [0.15, 0.2) is 0 Å². The fraction of sp³-hybridized carbons (Fsp3) is 1.00. The number of rotatable bonds is 6. The summed E-state index contributed by atoms with van der Waals surface area (Å²) in [7, 11) is 0. The Balaban J connectivity index is 0.00000180. The van der Waals surface area contributed by atoms with Crippen LogP contribution in [0, 0.1) is 0 Å². The van der Waals surface area contributed by atoms with Gasteiger partial charge in [-0.25, -0.2) is 0 Å². The van der Waals surface area contributed by atoms with Crippen molar-refractivity contribution in [1.82, 2.24) is 15.1 Å². The number of morpholine rings is 1. The summed E-state index contributed by atoms with van der Waals surface area (Å²) < 4.78 is 5.41. The van der Waals surface area contributed by atoms with Gasteiger partial charge in [-0.05, 0) is 38.9 Å². The first kappa shape index (κ1) is 20.4. The Labute approximate surface area is 136 Å². The van der Waals surface area contributed by atoms with E-state index in [0.29, 0.717) is 0 Å². The van der Waals surface area contributed by atoms with Gasteiger partial charge in [-0.3, -0.25) is 9.80 Å². The van der Waals surface area contributed by atoms with Gasteiger partial charge < -0.3 is 10.1 Å². The number of ether oxygens (including phenoxy) is 1. The smallest absolute Gasteiger partial charge is 0.0594 e. The molecule has 0 amide bonds. The van der Waals surface area contributed by atoms with Gasteiger partial charge in [0.1, 0.15) is 0 Å². The zero-order chi connectivity index (χ0) is 12.6. The average Bonchev–Trinajstić information content (AvgIpc) is 2.45. The molecule has 0 aliphatic carbocycles. The quantitative estimate of drug-likeness (QED) is 0.802. The van der Waals surface area contributed by atoms with Crippen LogP contribution >= 0.6 is 24.8 Å². The molecular formula is C14H31Cl2N3O. The van der Waals surface area contributed by atoms with Gasteiger partial charge >= 0.3 is 0 Å². The summed E-state index contributed by atoms with van der Waals surface area (Å²) in [4.78, 5) is 5.27. The SMILES string of the molecule is CCCN(CCN1CCOCC1)C1CCNCC1.Cl.Cl. The Morgan fingerprint density at radius 2 is 1.75 bits per heavy atom. The minimum absolute atomic E-state index is 0. The molecule has 1 N–H and O–H groups in total. The van der Waals surface area contributed by atoms with Crippen LogP contribution < -0.4 is 5.32 Å². The summed E-state index contributed by atoms with van der Waals surface area (Å²) in [6.07, 6.45) is 3.92. The second-order valence-electron chi connectivity index (χ2n) is 5.47. The molecule has 0 aromatic carbocycles. The summed E-state index contributed by atoms with van der Waals surface area (Å²) >= 11 is 0. The Hall–Kier alpha value is 0.420. The zero-order valence-corrected chi connectivity index (χ0v) is 14.3. The van der Waals surface area contributed by atoms with Crippen molar-refractivity contribution >= 4 is 24.8 Å². The normalized spacial score (nSPS) is 21.3. The number of piperidine rings is 1. The fourth-order valence-electron chi connectivity index (χ4n) is 3.03. The molecule has 2 rings (SSSR count). The van der Waals surface area contributed by atoms with Crippen molar-refractivity contribution in [3.05, 3.63) is 0 Å². The molecule has 0 radical (unpaired) electrons. The lowest BCUT2D eigenvalue weighted by molar-refractivity contribution is 0.0295. The highest BCUT2D eigenvalue weighted by Crippen LogP contribution is 2.12. The van der Waals surface area contributed by atoms with Crippen LogP contribution in [0.1, 0.15) is 26.2 Å². The second kappa shape index (κ2) is 12.0. The summed E-state index contributed by atoms with van der Waals surface area (Å²) in [5.41, 5.74) is 0. The molecule has 0 saturated carbocycles. The number of nitrogens with one attached hydrogen (secondary N) is 1. The molecular weight excluding hydrogens is 297 g/mol. The van der Waals surface area contributed by atoms with E-state index < -0.39 is 0 Å². The molecule has 0 aromatic heterocycles. The molecule has 0 atom stereocenters. The summed E-state index contributed by atoms with van der Waals surface area (Å²) in [5.74, 6) is 0. The maximum atomic E-state index is 5.41. The van der Waals surface area contributed by atoms with Gasteiger partial charge in [0.15, 0.2) is 0 Å². The molecule has 2 heterocycles. The average molecular weight is 328 g/mol. The molecule has 0 unspecified atom stereocenters. The van der Waals surface area contributed by atoms with E-state index in [1.54, 1.807) is 0 Å². The third kappa shape index (κ3) is 6.92. The molecule has 2 fully saturated rings. The number of halogens is 2. The molecule has 20 heavy (non-hydrogen) atoms. The molecule has 122 valence electrons. The predicted octanol–water partition coefficient (Wildman–Crippen LogP) is 1.63. The predicted molar refractivity (Wildman–Crippen MR) is 89.5 cm³/mol. The van der Waals surface area contributed by atoms with E-state index in [4.69, 9.17) is 4.74 Å². The van der Waals surface area contributed by atoms with Crippen molar-refractivity contribution in [3.8, 4) is 0 Å². The van der Waals surface area contributed by atoms with Gasteiger partial charge in [-0.1, -0.05) is 6.92 Å². The monoisotopic (exact) mass is 327 g/mol. The van der Waals surface area contributed by atoms with Gasteiger partial charge in [-0.15, -0.1) is 24.8 Å². The van der Waals surface area contributed by atoms with Crippen molar-refractivity contribution < 1.29 is 4.74 Å². The van der Waals surface area contributed by atoms with E-state index in [9.17, 15) is 0 Å². The Kier molecular flexibility index (Phi) is 12.3. The van der Waals surface area contributed by atoms with Crippen LogP contribution in [-0.4, -0.2) is 74.9 Å². The van der Waals surface area contributed by atoms with Crippen molar-refractivity contribution in [2.75, 3.05) is 59.0 Å². The van der Waals surface area contributed by atoms with Crippen LogP contribution in [0.4, 0.5) is 0 Å². The lowest BCUT2D eigenvalue weighted by atomic mass is 10.0.